The number of benzene rings is 2. The van der Waals surface area contributed by atoms with Gasteiger partial charge in [0.05, 0.1) is 28.7 Å². The van der Waals surface area contributed by atoms with E-state index in [1.165, 1.54) is 41.2 Å². The molecular weight excluding hydrogens is 362 g/mol. The van der Waals surface area contributed by atoms with E-state index in [2.05, 4.69) is 10.4 Å². The van der Waals surface area contributed by atoms with Crippen molar-refractivity contribution in [2.45, 2.75) is 20.0 Å². The fourth-order valence-electron chi connectivity index (χ4n) is 2.66. The van der Waals surface area contributed by atoms with Gasteiger partial charge in [0, 0.05) is 5.69 Å². The summed E-state index contributed by atoms with van der Waals surface area (Å²) in [7, 11) is 0. The first-order valence-corrected chi connectivity index (χ1v) is 7.96. The van der Waals surface area contributed by atoms with E-state index >= 15 is 0 Å². The summed E-state index contributed by atoms with van der Waals surface area (Å²) in [5, 5.41) is 6.69. The maximum Gasteiger partial charge on any atom is 0.416 e. The van der Waals surface area contributed by atoms with Gasteiger partial charge in [0.15, 0.2) is 0 Å². The smallest absolute Gasteiger partial charge is 0.322 e. The Balaban J connectivity index is 1.90. The van der Waals surface area contributed by atoms with E-state index in [-0.39, 0.29) is 11.3 Å². The van der Waals surface area contributed by atoms with Crippen molar-refractivity contribution in [1.82, 2.24) is 9.78 Å². The average molecular weight is 377 g/mol. The minimum absolute atomic E-state index is 0.194. The number of nitrogens with one attached hydrogen (secondary N) is 1. The lowest BCUT2D eigenvalue weighted by Gasteiger charge is -2.11. The lowest BCUT2D eigenvalue weighted by molar-refractivity contribution is -0.137. The van der Waals surface area contributed by atoms with Crippen LogP contribution in [0.25, 0.3) is 5.69 Å². The molecule has 1 amide bonds. The topological polar surface area (TPSA) is 46.9 Å². The van der Waals surface area contributed by atoms with Crippen LogP contribution in [-0.2, 0) is 6.18 Å². The summed E-state index contributed by atoms with van der Waals surface area (Å²) in [4.78, 5) is 12.5. The van der Waals surface area contributed by atoms with Crippen molar-refractivity contribution < 1.29 is 22.4 Å². The molecule has 8 heteroatoms. The molecule has 3 rings (SSSR count). The van der Waals surface area contributed by atoms with E-state index in [9.17, 15) is 22.4 Å². The molecule has 0 atom stereocenters. The van der Waals surface area contributed by atoms with Crippen LogP contribution in [0.3, 0.4) is 0 Å². The summed E-state index contributed by atoms with van der Waals surface area (Å²) in [6.45, 7) is 3.23. The molecule has 1 N–H and O–H groups in total. The van der Waals surface area contributed by atoms with Crippen LogP contribution in [0.5, 0.6) is 0 Å². The molecule has 0 radical (unpaired) electrons. The van der Waals surface area contributed by atoms with Gasteiger partial charge in [0.1, 0.15) is 5.82 Å². The van der Waals surface area contributed by atoms with Gasteiger partial charge < -0.3 is 5.32 Å². The number of aromatic nitrogens is 2. The first-order chi connectivity index (χ1) is 12.7. The molecule has 0 spiro atoms. The third kappa shape index (κ3) is 3.84. The minimum Gasteiger partial charge on any atom is -0.322 e. The fraction of sp³-hybridized carbons (Fsp3) is 0.158. The average Bonchev–Trinajstić information content (AvgIpc) is 2.98. The highest BCUT2D eigenvalue weighted by atomic mass is 19.4. The van der Waals surface area contributed by atoms with Crippen molar-refractivity contribution in [1.29, 1.82) is 0 Å². The summed E-state index contributed by atoms with van der Waals surface area (Å²) in [6, 6.07) is 8.63. The summed E-state index contributed by atoms with van der Waals surface area (Å²) < 4.78 is 53.2. The third-order valence-corrected chi connectivity index (χ3v) is 4.11. The largest absolute Gasteiger partial charge is 0.416 e. The Morgan fingerprint density at radius 3 is 2.52 bits per heavy atom. The number of halogens is 4. The molecule has 0 aliphatic carbocycles. The lowest BCUT2D eigenvalue weighted by Crippen LogP contribution is -2.14. The van der Waals surface area contributed by atoms with Crippen molar-refractivity contribution in [3.8, 4) is 5.69 Å². The molecular formula is C19H15F4N3O. The van der Waals surface area contributed by atoms with Crippen LogP contribution < -0.4 is 5.32 Å². The Labute approximate surface area is 152 Å². The number of aryl methyl sites for hydroxylation is 1. The number of amides is 1. The maximum absolute atomic E-state index is 13.2. The van der Waals surface area contributed by atoms with Crippen molar-refractivity contribution in [2.24, 2.45) is 0 Å². The lowest BCUT2D eigenvalue weighted by atomic mass is 10.1. The number of hydrogen-bond donors (Lipinski definition) is 1. The molecule has 0 unspecified atom stereocenters. The van der Waals surface area contributed by atoms with Crippen LogP contribution in [0, 0.1) is 19.7 Å². The summed E-state index contributed by atoms with van der Waals surface area (Å²) in [5.41, 5.74) is 0.962. The van der Waals surface area contributed by atoms with Crippen LogP contribution in [0.4, 0.5) is 23.2 Å². The molecule has 0 saturated heterocycles. The summed E-state index contributed by atoms with van der Waals surface area (Å²) >= 11 is 0. The summed E-state index contributed by atoms with van der Waals surface area (Å²) in [5.74, 6) is -0.903. The molecule has 1 heterocycles. The van der Waals surface area contributed by atoms with E-state index in [0.29, 0.717) is 16.9 Å². The Morgan fingerprint density at radius 2 is 1.85 bits per heavy atom. The quantitative estimate of drug-likeness (QED) is 0.660. The standard InChI is InChI=1S/C19H15F4N3O/c1-11-8-14(20)6-7-17(11)25-18(27)16-10-24-26(12(16)2)15-5-3-4-13(9-15)19(21,22)23/h3-10H,1-2H3,(H,25,27). The van der Waals surface area contributed by atoms with Crippen LogP contribution in [0.1, 0.15) is 27.2 Å². The number of hydrogen-bond acceptors (Lipinski definition) is 2. The molecule has 4 nitrogen and oxygen atoms in total. The molecule has 2 aromatic carbocycles. The van der Waals surface area contributed by atoms with Crippen LogP contribution >= 0.6 is 0 Å². The van der Waals surface area contributed by atoms with Crippen LogP contribution in [-0.4, -0.2) is 15.7 Å². The number of rotatable bonds is 3. The predicted molar refractivity (Wildman–Crippen MR) is 92.4 cm³/mol. The molecule has 27 heavy (non-hydrogen) atoms. The molecule has 3 aromatic rings. The second-order valence-corrected chi connectivity index (χ2v) is 6.02. The van der Waals surface area contributed by atoms with E-state index < -0.39 is 23.5 Å². The van der Waals surface area contributed by atoms with E-state index in [0.717, 1.165) is 12.1 Å². The van der Waals surface area contributed by atoms with Gasteiger partial charge in [-0.2, -0.15) is 18.3 Å². The molecule has 140 valence electrons. The molecule has 0 aliphatic rings. The third-order valence-electron chi connectivity index (χ3n) is 4.11. The Kier molecular flexibility index (Phi) is 4.73. The Hall–Kier alpha value is -3.16. The first-order valence-electron chi connectivity index (χ1n) is 7.96. The highest BCUT2D eigenvalue weighted by Crippen LogP contribution is 2.30. The van der Waals surface area contributed by atoms with Crippen molar-refractivity contribution >= 4 is 11.6 Å². The zero-order valence-corrected chi connectivity index (χ0v) is 14.4. The Morgan fingerprint density at radius 1 is 1.11 bits per heavy atom. The predicted octanol–water partition coefficient (Wildman–Crippen LogP) is 4.90. The van der Waals surface area contributed by atoms with Gasteiger partial charge in [-0.3, -0.25) is 4.79 Å². The van der Waals surface area contributed by atoms with Gasteiger partial charge in [-0.1, -0.05) is 6.07 Å². The minimum atomic E-state index is -4.47. The second-order valence-electron chi connectivity index (χ2n) is 6.02. The van der Waals surface area contributed by atoms with Gasteiger partial charge in [0.2, 0.25) is 0 Å². The monoisotopic (exact) mass is 377 g/mol. The zero-order chi connectivity index (χ0) is 19.8. The van der Waals surface area contributed by atoms with Gasteiger partial charge in [-0.05, 0) is 55.8 Å². The number of nitrogens with zero attached hydrogens (tertiary/aromatic N) is 2. The second kappa shape index (κ2) is 6.86. The van der Waals surface area contributed by atoms with E-state index in [1.54, 1.807) is 13.8 Å². The fourth-order valence-corrected chi connectivity index (χ4v) is 2.66. The SMILES string of the molecule is Cc1cc(F)ccc1NC(=O)c1cnn(-c2cccc(C(F)(F)F)c2)c1C. The highest BCUT2D eigenvalue weighted by molar-refractivity contribution is 6.05. The van der Waals surface area contributed by atoms with Crippen molar-refractivity contribution in [3.63, 3.8) is 0 Å². The van der Waals surface area contributed by atoms with Crippen molar-refractivity contribution in [2.75, 3.05) is 5.32 Å². The molecule has 0 aliphatic heterocycles. The van der Waals surface area contributed by atoms with E-state index in [1.807, 2.05) is 0 Å². The Bertz CT molecular complexity index is 1010. The zero-order valence-electron chi connectivity index (χ0n) is 14.4. The highest BCUT2D eigenvalue weighted by Gasteiger charge is 2.30. The van der Waals surface area contributed by atoms with Gasteiger partial charge in [-0.15, -0.1) is 0 Å². The number of alkyl halides is 3. The number of carbonyl (C=O) groups is 1. The number of anilines is 1. The van der Waals surface area contributed by atoms with Crippen molar-refractivity contribution in [3.05, 3.63) is 76.9 Å². The van der Waals surface area contributed by atoms with E-state index in [4.69, 9.17) is 0 Å². The molecule has 0 fully saturated rings. The van der Waals surface area contributed by atoms with Crippen LogP contribution in [0.15, 0.2) is 48.7 Å². The van der Waals surface area contributed by atoms with Gasteiger partial charge >= 0.3 is 6.18 Å². The van der Waals surface area contributed by atoms with Gasteiger partial charge in [0.25, 0.3) is 5.91 Å². The van der Waals surface area contributed by atoms with Crippen LogP contribution in [0.2, 0.25) is 0 Å². The maximum atomic E-state index is 13.2. The normalized spacial score (nSPS) is 11.5. The van der Waals surface area contributed by atoms with Gasteiger partial charge in [-0.25, -0.2) is 9.07 Å². The molecule has 1 aromatic heterocycles. The number of carbonyl (C=O) groups excluding carboxylic acids is 1. The molecule has 0 saturated carbocycles. The molecule has 0 bridgehead atoms. The first kappa shape index (κ1) is 18.6. The summed E-state index contributed by atoms with van der Waals surface area (Å²) in [6.07, 6.45) is -3.19.